The van der Waals surface area contributed by atoms with Gasteiger partial charge in [0.15, 0.2) is 6.61 Å². The predicted molar refractivity (Wildman–Crippen MR) is 61.9 cm³/mol. The highest BCUT2D eigenvalue weighted by Crippen LogP contribution is 2.21. The van der Waals surface area contributed by atoms with Gasteiger partial charge in [0, 0.05) is 17.6 Å². The number of carbonyl (C=O) groups excluding carboxylic acids is 1. The van der Waals surface area contributed by atoms with Gasteiger partial charge >= 0.3 is 0 Å². The van der Waals surface area contributed by atoms with Crippen LogP contribution >= 0.6 is 0 Å². The van der Waals surface area contributed by atoms with Crippen molar-refractivity contribution in [2.24, 2.45) is 0 Å². The monoisotopic (exact) mass is 232 g/mol. The Balaban J connectivity index is 2.23. The van der Waals surface area contributed by atoms with Crippen molar-refractivity contribution in [1.29, 1.82) is 0 Å². The van der Waals surface area contributed by atoms with Gasteiger partial charge in [-0.25, -0.2) is 5.48 Å². The maximum absolute atomic E-state index is 10.8. The van der Waals surface area contributed by atoms with Crippen molar-refractivity contribution in [2.75, 3.05) is 6.61 Å². The van der Waals surface area contributed by atoms with Crippen molar-refractivity contribution in [3.8, 4) is 5.75 Å². The number of pyridine rings is 1. The number of hydrogen-bond donors (Lipinski definition) is 2. The third-order valence-corrected chi connectivity index (χ3v) is 2.43. The van der Waals surface area contributed by atoms with Gasteiger partial charge in [0.2, 0.25) is 0 Å². The third kappa shape index (κ3) is 2.51. The second-order valence-corrected chi connectivity index (χ2v) is 3.63. The quantitative estimate of drug-likeness (QED) is 0.620. The molecule has 5 nitrogen and oxygen atoms in total. The van der Waals surface area contributed by atoms with Gasteiger partial charge in [0.25, 0.3) is 5.91 Å². The van der Waals surface area contributed by atoms with Gasteiger partial charge in [-0.15, -0.1) is 0 Å². The number of carbonyl (C=O) groups is 1. The fourth-order valence-corrected chi connectivity index (χ4v) is 1.54. The minimum atomic E-state index is -0.595. The average Bonchev–Trinajstić information content (AvgIpc) is 2.36. The van der Waals surface area contributed by atoms with Gasteiger partial charge in [-0.3, -0.25) is 15.0 Å². The van der Waals surface area contributed by atoms with Gasteiger partial charge in [-0.2, -0.15) is 0 Å². The molecule has 0 saturated carbocycles. The molecule has 0 radical (unpaired) electrons. The molecule has 2 N–H and O–H groups in total. The molecular weight excluding hydrogens is 220 g/mol. The average molecular weight is 232 g/mol. The van der Waals surface area contributed by atoms with E-state index in [-0.39, 0.29) is 6.61 Å². The Hall–Kier alpha value is -2.14. The molecule has 1 amide bonds. The zero-order valence-electron chi connectivity index (χ0n) is 9.30. The molecule has 0 saturated heterocycles. The van der Waals surface area contributed by atoms with E-state index in [1.807, 2.05) is 19.1 Å². The second kappa shape index (κ2) is 4.80. The van der Waals surface area contributed by atoms with Crippen LogP contribution in [0.1, 0.15) is 5.56 Å². The Morgan fingerprint density at radius 2 is 2.29 bits per heavy atom. The van der Waals surface area contributed by atoms with Crippen LogP contribution in [0.3, 0.4) is 0 Å². The number of rotatable bonds is 3. The van der Waals surface area contributed by atoms with Crippen LogP contribution in [-0.4, -0.2) is 22.7 Å². The van der Waals surface area contributed by atoms with Crippen LogP contribution in [0.15, 0.2) is 30.5 Å². The molecule has 0 aliphatic rings. The first-order valence-electron chi connectivity index (χ1n) is 5.12. The molecule has 0 fully saturated rings. The number of nitrogens with zero attached hydrogens (tertiary/aromatic N) is 1. The minimum Gasteiger partial charge on any atom is -0.484 e. The van der Waals surface area contributed by atoms with Crippen LogP contribution in [0.25, 0.3) is 10.9 Å². The summed E-state index contributed by atoms with van der Waals surface area (Å²) in [6.07, 6.45) is 1.72. The van der Waals surface area contributed by atoms with Gasteiger partial charge in [-0.1, -0.05) is 0 Å². The Kier molecular flexibility index (Phi) is 3.20. The number of hydroxylamine groups is 1. The summed E-state index contributed by atoms with van der Waals surface area (Å²) in [5.74, 6) is -0.0542. The van der Waals surface area contributed by atoms with Crippen molar-refractivity contribution >= 4 is 16.8 Å². The standard InChI is InChI=1S/C12H12N2O3/c1-8-4-5-13-11-6-9(2-3-10(8)11)17-7-12(15)14-16/h2-6,16H,7H2,1H3,(H,14,15). The lowest BCUT2D eigenvalue weighted by atomic mass is 10.1. The molecular formula is C12H12N2O3. The highest BCUT2D eigenvalue weighted by atomic mass is 16.5. The minimum absolute atomic E-state index is 0.228. The maximum Gasteiger partial charge on any atom is 0.281 e. The molecule has 0 atom stereocenters. The summed E-state index contributed by atoms with van der Waals surface area (Å²) < 4.78 is 5.19. The normalized spacial score (nSPS) is 10.2. The molecule has 1 aromatic carbocycles. The molecule has 0 bridgehead atoms. The first kappa shape index (κ1) is 11.3. The van der Waals surface area contributed by atoms with Gasteiger partial charge in [0.1, 0.15) is 5.75 Å². The fraction of sp³-hybridized carbons (Fsp3) is 0.167. The Bertz CT molecular complexity index is 554. The Labute approximate surface area is 98.0 Å². The van der Waals surface area contributed by atoms with E-state index in [4.69, 9.17) is 9.94 Å². The first-order valence-corrected chi connectivity index (χ1v) is 5.12. The Morgan fingerprint density at radius 3 is 3.06 bits per heavy atom. The molecule has 2 aromatic rings. The van der Waals surface area contributed by atoms with Crippen molar-refractivity contribution in [3.05, 3.63) is 36.0 Å². The van der Waals surface area contributed by atoms with E-state index in [0.29, 0.717) is 5.75 Å². The number of hydrogen-bond acceptors (Lipinski definition) is 4. The molecule has 0 aliphatic heterocycles. The number of aryl methyl sites for hydroxylation is 1. The molecule has 2 rings (SSSR count). The van der Waals surface area contributed by atoms with Crippen LogP contribution in [-0.2, 0) is 4.79 Å². The van der Waals surface area contributed by atoms with Crippen LogP contribution in [0.2, 0.25) is 0 Å². The van der Waals surface area contributed by atoms with E-state index < -0.39 is 5.91 Å². The van der Waals surface area contributed by atoms with Crippen LogP contribution in [0, 0.1) is 6.92 Å². The fourth-order valence-electron chi connectivity index (χ4n) is 1.54. The SMILES string of the molecule is Cc1ccnc2cc(OCC(=O)NO)ccc12. The molecule has 17 heavy (non-hydrogen) atoms. The molecule has 1 aromatic heterocycles. The summed E-state index contributed by atoms with van der Waals surface area (Å²) in [4.78, 5) is 15.0. The molecule has 1 heterocycles. The first-order chi connectivity index (χ1) is 8.20. The number of nitrogens with one attached hydrogen (secondary N) is 1. The number of ether oxygens (including phenoxy) is 1. The van der Waals surface area contributed by atoms with E-state index in [1.165, 1.54) is 5.48 Å². The summed E-state index contributed by atoms with van der Waals surface area (Å²) in [7, 11) is 0. The van der Waals surface area contributed by atoms with E-state index >= 15 is 0 Å². The van der Waals surface area contributed by atoms with Crippen LogP contribution in [0.4, 0.5) is 0 Å². The number of fused-ring (bicyclic) bond motifs is 1. The number of aromatic nitrogens is 1. The van der Waals surface area contributed by atoms with Crippen molar-refractivity contribution < 1.29 is 14.7 Å². The van der Waals surface area contributed by atoms with Gasteiger partial charge in [-0.05, 0) is 30.7 Å². The smallest absolute Gasteiger partial charge is 0.281 e. The lowest BCUT2D eigenvalue weighted by Crippen LogP contribution is -2.25. The lowest BCUT2D eigenvalue weighted by Gasteiger charge is -2.06. The topological polar surface area (TPSA) is 71.5 Å². The highest BCUT2D eigenvalue weighted by Gasteiger charge is 2.03. The number of benzene rings is 1. The van der Waals surface area contributed by atoms with Crippen LogP contribution in [0.5, 0.6) is 5.75 Å². The Morgan fingerprint density at radius 1 is 1.47 bits per heavy atom. The highest BCUT2D eigenvalue weighted by molar-refractivity contribution is 5.83. The molecule has 88 valence electrons. The number of amides is 1. The molecule has 0 spiro atoms. The third-order valence-electron chi connectivity index (χ3n) is 2.43. The van der Waals surface area contributed by atoms with Gasteiger partial charge in [0.05, 0.1) is 5.52 Å². The zero-order valence-corrected chi connectivity index (χ0v) is 9.30. The van der Waals surface area contributed by atoms with Crippen molar-refractivity contribution in [3.63, 3.8) is 0 Å². The zero-order chi connectivity index (χ0) is 12.3. The van der Waals surface area contributed by atoms with E-state index in [1.54, 1.807) is 18.3 Å². The maximum atomic E-state index is 10.8. The largest absolute Gasteiger partial charge is 0.484 e. The summed E-state index contributed by atoms with van der Waals surface area (Å²) in [6.45, 7) is 1.78. The van der Waals surface area contributed by atoms with Crippen molar-refractivity contribution in [1.82, 2.24) is 10.5 Å². The second-order valence-electron chi connectivity index (χ2n) is 3.63. The molecule has 0 unspecified atom stereocenters. The van der Waals surface area contributed by atoms with E-state index in [2.05, 4.69) is 4.98 Å². The molecule has 0 aliphatic carbocycles. The lowest BCUT2D eigenvalue weighted by molar-refractivity contribution is -0.131. The van der Waals surface area contributed by atoms with Crippen LogP contribution < -0.4 is 10.2 Å². The molecule has 5 heteroatoms. The van der Waals surface area contributed by atoms with Gasteiger partial charge < -0.3 is 4.74 Å². The predicted octanol–water partition coefficient (Wildman–Crippen LogP) is 1.43. The summed E-state index contributed by atoms with van der Waals surface area (Å²) >= 11 is 0. The summed E-state index contributed by atoms with van der Waals surface area (Å²) in [5, 5.41) is 9.38. The summed E-state index contributed by atoms with van der Waals surface area (Å²) in [5.41, 5.74) is 3.45. The van der Waals surface area contributed by atoms with Crippen molar-refractivity contribution in [2.45, 2.75) is 6.92 Å². The van der Waals surface area contributed by atoms with E-state index in [0.717, 1.165) is 16.5 Å². The van der Waals surface area contributed by atoms with E-state index in [9.17, 15) is 4.79 Å². The summed E-state index contributed by atoms with van der Waals surface area (Å²) in [6, 6.07) is 7.35.